The van der Waals surface area contributed by atoms with Gasteiger partial charge in [0.1, 0.15) is 0 Å². The Morgan fingerprint density at radius 2 is 2.00 bits per heavy atom. The van der Waals surface area contributed by atoms with Crippen LogP contribution in [-0.4, -0.2) is 10.1 Å². The lowest BCUT2D eigenvalue weighted by molar-refractivity contribution is 0.280. The molecule has 0 aromatic carbocycles. The van der Waals surface area contributed by atoms with E-state index in [-0.39, 0.29) is 17.6 Å². The second-order valence-corrected chi connectivity index (χ2v) is 4.73. The Morgan fingerprint density at radius 1 is 1.36 bits per heavy atom. The van der Waals surface area contributed by atoms with Gasteiger partial charge in [-0.05, 0) is 24.0 Å². The summed E-state index contributed by atoms with van der Waals surface area (Å²) in [5.41, 5.74) is 1.31. The van der Waals surface area contributed by atoms with Gasteiger partial charge in [-0.2, -0.15) is 0 Å². The fraction of sp³-hybridized carbons (Fsp3) is 0.545. The van der Waals surface area contributed by atoms with E-state index in [0.29, 0.717) is 5.56 Å². The maximum atomic E-state index is 11.3. The van der Waals surface area contributed by atoms with Crippen LogP contribution < -0.4 is 5.56 Å². The van der Waals surface area contributed by atoms with Gasteiger partial charge in [0.05, 0.1) is 6.61 Å². The molecule has 0 aliphatic rings. The van der Waals surface area contributed by atoms with Crippen molar-refractivity contribution in [2.45, 2.75) is 33.8 Å². The van der Waals surface area contributed by atoms with Crippen molar-refractivity contribution in [3.63, 3.8) is 0 Å². The van der Waals surface area contributed by atoms with Crippen LogP contribution in [0.4, 0.5) is 0 Å². The third kappa shape index (κ3) is 3.00. The van der Waals surface area contributed by atoms with Crippen LogP contribution in [-0.2, 0) is 13.0 Å². The SMILES string of the molecule is CC(C)(C)Cc1ccc(CO)c(=O)[nH]1. The zero-order chi connectivity index (χ0) is 10.8. The first kappa shape index (κ1) is 11.0. The number of aromatic nitrogens is 1. The maximum absolute atomic E-state index is 11.3. The molecule has 0 fully saturated rings. The van der Waals surface area contributed by atoms with Crippen LogP contribution in [0.2, 0.25) is 0 Å². The molecule has 0 atom stereocenters. The van der Waals surface area contributed by atoms with Crippen molar-refractivity contribution >= 4 is 0 Å². The summed E-state index contributed by atoms with van der Waals surface area (Å²) < 4.78 is 0. The van der Waals surface area contributed by atoms with Gasteiger partial charge in [0.15, 0.2) is 0 Å². The number of H-pyrrole nitrogens is 1. The van der Waals surface area contributed by atoms with Gasteiger partial charge in [0.2, 0.25) is 0 Å². The van der Waals surface area contributed by atoms with Crippen molar-refractivity contribution in [2.24, 2.45) is 5.41 Å². The van der Waals surface area contributed by atoms with E-state index < -0.39 is 0 Å². The quantitative estimate of drug-likeness (QED) is 0.750. The number of rotatable bonds is 2. The van der Waals surface area contributed by atoms with E-state index in [4.69, 9.17) is 5.11 Å². The molecule has 3 nitrogen and oxygen atoms in total. The summed E-state index contributed by atoms with van der Waals surface area (Å²) in [5, 5.41) is 8.82. The number of aliphatic hydroxyl groups is 1. The Morgan fingerprint density at radius 3 is 2.43 bits per heavy atom. The summed E-state index contributed by atoms with van der Waals surface area (Å²) in [6.45, 7) is 6.15. The molecular formula is C11H17NO2. The number of hydrogen-bond acceptors (Lipinski definition) is 2. The Kier molecular flexibility index (Phi) is 3.11. The third-order valence-electron chi connectivity index (χ3n) is 1.94. The molecule has 0 saturated carbocycles. The van der Waals surface area contributed by atoms with Gasteiger partial charge in [0, 0.05) is 11.3 Å². The Balaban J connectivity index is 2.93. The van der Waals surface area contributed by atoms with Crippen LogP contribution in [0.25, 0.3) is 0 Å². The molecule has 0 bridgehead atoms. The molecule has 2 N–H and O–H groups in total. The van der Waals surface area contributed by atoms with Crippen LogP contribution >= 0.6 is 0 Å². The van der Waals surface area contributed by atoms with Crippen molar-refractivity contribution in [3.8, 4) is 0 Å². The van der Waals surface area contributed by atoms with Crippen molar-refractivity contribution in [1.82, 2.24) is 4.98 Å². The van der Waals surface area contributed by atoms with Crippen LogP contribution in [0.15, 0.2) is 16.9 Å². The largest absolute Gasteiger partial charge is 0.391 e. The minimum Gasteiger partial charge on any atom is -0.391 e. The van der Waals surface area contributed by atoms with Crippen molar-refractivity contribution in [3.05, 3.63) is 33.7 Å². The lowest BCUT2D eigenvalue weighted by Gasteiger charge is -2.17. The molecule has 1 aromatic rings. The molecule has 0 aliphatic carbocycles. The number of pyridine rings is 1. The lowest BCUT2D eigenvalue weighted by atomic mass is 9.90. The topological polar surface area (TPSA) is 53.1 Å². The standard InChI is InChI=1S/C11H17NO2/c1-11(2,3)6-9-5-4-8(7-13)10(14)12-9/h4-5,13H,6-7H2,1-3H3,(H,12,14). The van der Waals surface area contributed by atoms with Crippen LogP contribution in [0.5, 0.6) is 0 Å². The zero-order valence-corrected chi connectivity index (χ0v) is 8.92. The van der Waals surface area contributed by atoms with Gasteiger partial charge < -0.3 is 10.1 Å². The zero-order valence-electron chi connectivity index (χ0n) is 8.92. The van der Waals surface area contributed by atoms with E-state index in [2.05, 4.69) is 25.8 Å². The summed E-state index contributed by atoms with van der Waals surface area (Å²) in [4.78, 5) is 14.1. The highest BCUT2D eigenvalue weighted by Gasteiger charge is 2.12. The number of aliphatic hydroxyl groups excluding tert-OH is 1. The number of nitrogens with one attached hydrogen (secondary N) is 1. The van der Waals surface area contributed by atoms with E-state index in [1.807, 2.05) is 6.07 Å². The van der Waals surface area contributed by atoms with Crippen molar-refractivity contribution in [1.29, 1.82) is 0 Å². The summed E-state index contributed by atoms with van der Waals surface area (Å²) in [6.07, 6.45) is 0.827. The monoisotopic (exact) mass is 195 g/mol. The first-order chi connectivity index (χ1) is 6.42. The summed E-state index contributed by atoms with van der Waals surface area (Å²) >= 11 is 0. The van der Waals surface area contributed by atoms with Crippen LogP contribution in [0, 0.1) is 5.41 Å². The Bertz CT molecular complexity index is 360. The molecule has 0 amide bonds. The van der Waals surface area contributed by atoms with E-state index in [9.17, 15) is 4.79 Å². The summed E-state index contributed by atoms with van der Waals surface area (Å²) in [6, 6.07) is 3.54. The Labute approximate surface area is 83.8 Å². The number of aromatic amines is 1. The smallest absolute Gasteiger partial charge is 0.253 e. The van der Waals surface area contributed by atoms with Gasteiger partial charge in [-0.25, -0.2) is 0 Å². The molecule has 78 valence electrons. The van der Waals surface area contributed by atoms with Crippen molar-refractivity contribution < 1.29 is 5.11 Å². The average Bonchev–Trinajstić information content (AvgIpc) is 2.01. The lowest BCUT2D eigenvalue weighted by Crippen LogP contribution is -2.18. The molecule has 0 saturated heterocycles. The van der Waals surface area contributed by atoms with Gasteiger partial charge in [-0.15, -0.1) is 0 Å². The molecule has 0 radical (unpaired) electrons. The van der Waals surface area contributed by atoms with E-state index in [0.717, 1.165) is 12.1 Å². The normalized spacial score (nSPS) is 11.7. The molecule has 0 spiro atoms. The fourth-order valence-electron chi connectivity index (χ4n) is 1.34. The molecule has 14 heavy (non-hydrogen) atoms. The first-order valence-electron chi connectivity index (χ1n) is 4.74. The third-order valence-corrected chi connectivity index (χ3v) is 1.94. The average molecular weight is 195 g/mol. The highest BCUT2D eigenvalue weighted by molar-refractivity contribution is 5.14. The Hall–Kier alpha value is -1.09. The predicted octanol–water partition coefficient (Wildman–Crippen LogP) is 1.46. The van der Waals surface area contributed by atoms with Gasteiger partial charge >= 0.3 is 0 Å². The second-order valence-electron chi connectivity index (χ2n) is 4.73. The van der Waals surface area contributed by atoms with Crippen LogP contribution in [0.3, 0.4) is 0 Å². The first-order valence-corrected chi connectivity index (χ1v) is 4.74. The minimum absolute atomic E-state index is 0.156. The molecule has 1 heterocycles. The van der Waals surface area contributed by atoms with Crippen molar-refractivity contribution in [2.75, 3.05) is 0 Å². The van der Waals surface area contributed by atoms with Gasteiger partial charge in [-0.3, -0.25) is 4.79 Å². The predicted molar refractivity (Wildman–Crippen MR) is 56.1 cm³/mol. The molecular weight excluding hydrogens is 178 g/mol. The van der Waals surface area contributed by atoms with Crippen LogP contribution in [0.1, 0.15) is 32.0 Å². The van der Waals surface area contributed by atoms with E-state index in [1.54, 1.807) is 6.07 Å². The maximum Gasteiger partial charge on any atom is 0.253 e. The van der Waals surface area contributed by atoms with Gasteiger partial charge in [-0.1, -0.05) is 20.8 Å². The summed E-state index contributed by atoms with van der Waals surface area (Å²) in [5.74, 6) is 0. The highest BCUT2D eigenvalue weighted by Crippen LogP contribution is 2.18. The minimum atomic E-state index is -0.203. The van der Waals surface area contributed by atoms with E-state index >= 15 is 0 Å². The number of hydrogen-bond donors (Lipinski definition) is 2. The van der Waals surface area contributed by atoms with E-state index in [1.165, 1.54) is 0 Å². The fourth-order valence-corrected chi connectivity index (χ4v) is 1.34. The summed E-state index contributed by atoms with van der Waals surface area (Å²) in [7, 11) is 0. The van der Waals surface area contributed by atoms with Gasteiger partial charge in [0.25, 0.3) is 5.56 Å². The second kappa shape index (κ2) is 3.96. The molecule has 1 rings (SSSR count). The molecule has 3 heteroatoms. The molecule has 0 unspecified atom stereocenters. The highest BCUT2D eigenvalue weighted by atomic mass is 16.3. The molecule has 1 aromatic heterocycles. The molecule has 0 aliphatic heterocycles.